The quantitative estimate of drug-likeness (QED) is 0.895. The summed E-state index contributed by atoms with van der Waals surface area (Å²) < 4.78 is 5.52. The maximum Gasteiger partial charge on any atom is 0.0594 e. The van der Waals surface area contributed by atoms with Crippen molar-refractivity contribution in [2.75, 3.05) is 33.4 Å². The molecule has 112 valence electrons. The van der Waals surface area contributed by atoms with Gasteiger partial charge in [0.05, 0.1) is 19.3 Å². The molecule has 0 amide bonds. The summed E-state index contributed by atoms with van der Waals surface area (Å²) in [4.78, 5) is 2.59. The Hall–Kier alpha value is -0.900. The van der Waals surface area contributed by atoms with Crippen molar-refractivity contribution >= 4 is 0 Å². The van der Waals surface area contributed by atoms with E-state index in [-0.39, 0.29) is 5.54 Å². The second kappa shape index (κ2) is 6.70. The summed E-state index contributed by atoms with van der Waals surface area (Å²) in [6.07, 6.45) is 1.12. The highest BCUT2D eigenvalue weighted by atomic mass is 16.5. The first-order valence-electron chi connectivity index (χ1n) is 7.69. The zero-order valence-corrected chi connectivity index (χ0v) is 13.3. The van der Waals surface area contributed by atoms with Gasteiger partial charge in [0.25, 0.3) is 0 Å². The van der Waals surface area contributed by atoms with E-state index >= 15 is 0 Å². The molecule has 0 aromatic heterocycles. The lowest BCUT2D eigenvalue weighted by Crippen LogP contribution is -2.57. The topological polar surface area (TPSA) is 24.5 Å². The van der Waals surface area contributed by atoms with Crippen LogP contribution in [0.3, 0.4) is 0 Å². The van der Waals surface area contributed by atoms with E-state index in [4.69, 9.17) is 4.74 Å². The first-order valence-corrected chi connectivity index (χ1v) is 7.69. The third-order valence-electron chi connectivity index (χ3n) is 4.86. The molecule has 0 saturated carbocycles. The minimum atomic E-state index is 0.116. The number of rotatable bonds is 5. The largest absolute Gasteiger partial charge is 0.379 e. The van der Waals surface area contributed by atoms with Crippen molar-refractivity contribution in [1.29, 1.82) is 0 Å². The molecule has 0 spiro atoms. The van der Waals surface area contributed by atoms with Crippen LogP contribution < -0.4 is 5.32 Å². The van der Waals surface area contributed by atoms with Gasteiger partial charge in [-0.3, -0.25) is 4.90 Å². The second-order valence-electron chi connectivity index (χ2n) is 5.89. The van der Waals surface area contributed by atoms with Gasteiger partial charge >= 0.3 is 0 Å². The van der Waals surface area contributed by atoms with Gasteiger partial charge in [-0.2, -0.15) is 0 Å². The molecule has 2 atom stereocenters. The molecule has 1 aromatic carbocycles. The highest BCUT2D eigenvalue weighted by molar-refractivity contribution is 5.31. The number of likely N-dealkylation sites (N-methyl/N-ethyl adjacent to an activating group) is 1. The van der Waals surface area contributed by atoms with Crippen molar-refractivity contribution in [3.8, 4) is 0 Å². The smallest absolute Gasteiger partial charge is 0.0594 e. The Morgan fingerprint density at radius 2 is 1.95 bits per heavy atom. The van der Waals surface area contributed by atoms with Crippen molar-refractivity contribution in [3.63, 3.8) is 0 Å². The van der Waals surface area contributed by atoms with Crippen LogP contribution in [0.15, 0.2) is 24.3 Å². The zero-order chi connectivity index (χ0) is 14.6. The number of nitrogens with zero attached hydrogens (tertiary/aromatic N) is 1. The first kappa shape index (κ1) is 15.5. The summed E-state index contributed by atoms with van der Waals surface area (Å²) in [5.41, 5.74) is 2.88. The molecule has 0 bridgehead atoms. The molecule has 2 unspecified atom stereocenters. The average Bonchev–Trinajstić information content (AvgIpc) is 2.50. The summed E-state index contributed by atoms with van der Waals surface area (Å²) in [6, 6.07) is 9.05. The number of hydrogen-bond acceptors (Lipinski definition) is 3. The fourth-order valence-corrected chi connectivity index (χ4v) is 3.40. The molecule has 3 nitrogen and oxygen atoms in total. The second-order valence-corrected chi connectivity index (χ2v) is 5.89. The standard InChI is InChI=1S/C17H28N2O/c1-5-17(3,19-10-12-20-13-11-19)16(18-4)15-9-7-6-8-14(15)2/h6-9,16,18H,5,10-13H2,1-4H3. The van der Waals surface area contributed by atoms with E-state index in [0.29, 0.717) is 6.04 Å². The van der Waals surface area contributed by atoms with Gasteiger partial charge in [-0.25, -0.2) is 0 Å². The van der Waals surface area contributed by atoms with E-state index in [0.717, 1.165) is 32.7 Å². The SMILES string of the molecule is CCC(C)(C(NC)c1ccccc1C)N1CCOCC1. The van der Waals surface area contributed by atoms with Crippen LogP contribution in [0.4, 0.5) is 0 Å². The molecule has 1 heterocycles. The van der Waals surface area contributed by atoms with E-state index in [2.05, 4.69) is 62.3 Å². The van der Waals surface area contributed by atoms with Crippen LogP contribution in [0.2, 0.25) is 0 Å². The number of morpholine rings is 1. The fourth-order valence-electron chi connectivity index (χ4n) is 3.40. The van der Waals surface area contributed by atoms with Crippen LogP contribution in [0.5, 0.6) is 0 Å². The number of ether oxygens (including phenoxy) is 1. The molecule has 1 fully saturated rings. The molecule has 1 aliphatic heterocycles. The van der Waals surface area contributed by atoms with Gasteiger partial charge in [-0.05, 0) is 38.4 Å². The molecule has 0 radical (unpaired) electrons. The summed E-state index contributed by atoms with van der Waals surface area (Å²) in [5, 5.41) is 3.57. The summed E-state index contributed by atoms with van der Waals surface area (Å²) in [5.74, 6) is 0. The molecular weight excluding hydrogens is 248 g/mol. The lowest BCUT2D eigenvalue weighted by Gasteiger charge is -2.48. The van der Waals surface area contributed by atoms with E-state index in [9.17, 15) is 0 Å². The predicted molar refractivity (Wildman–Crippen MR) is 84.1 cm³/mol. The third kappa shape index (κ3) is 2.90. The Balaban J connectivity index is 2.33. The van der Waals surface area contributed by atoms with Crippen LogP contribution in [0.25, 0.3) is 0 Å². The van der Waals surface area contributed by atoms with Gasteiger partial charge in [-0.15, -0.1) is 0 Å². The summed E-state index contributed by atoms with van der Waals surface area (Å²) in [6.45, 7) is 10.6. The minimum absolute atomic E-state index is 0.116. The van der Waals surface area contributed by atoms with E-state index in [1.807, 2.05) is 0 Å². The Morgan fingerprint density at radius 3 is 2.50 bits per heavy atom. The van der Waals surface area contributed by atoms with Crippen molar-refractivity contribution < 1.29 is 4.74 Å². The normalized spacial score (nSPS) is 21.4. The summed E-state index contributed by atoms with van der Waals surface area (Å²) >= 11 is 0. The maximum atomic E-state index is 5.52. The van der Waals surface area contributed by atoms with Crippen LogP contribution in [-0.4, -0.2) is 43.8 Å². The highest BCUT2D eigenvalue weighted by Crippen LogP contribution is 2.35. The molecular formula is C17H28N2O. The zero-order valence-electron chi connectivity index (χ0n) is 13.3. The molecule has 3 heteroatoms. The Bertz CT molecular complexity index is 429. The molecule has 1 N–H and O–H groups in total. The predicted octanol–water partition coefficient (Wildman–Crippen LogP) is 2.76. The van der Waals surface area contributed by atoms with Crippen LogP contribution in [0, 0.1) is 6.92 Å². The maximum absolute atomic E-state index is 5.52. The van der Waals surface area contributed by atoms with Gasteiger partial charge in [0.2, 0.25) is 0 Å². The van der Waals surface area contributed by atoms with Crippen molar-refractivity contribution in [3.05, 3.63) is 35.4 Å². The van der Waals surface area contributed by atoms with E-state index in [1.165, 1.54) is 11.1 Å². The lowest BCUT2D eigenvalue weighted by atomic mass is 9.81. The van der Waals surface area contributed by atoms with Crippen molar-refractivity contribution in [2.45, 2.75) is 38.8 Å². The first-order chi connectivity index (χ1) is 9.63. The number of aryl methyl sites for hydroxylation is 1. The monoisotopic (exact) mass is 276 g/mol. The Morgan fingerprint density at radius 1 is 1.30 bits per heavy atom. The molecule has 1 aliphatic rings. The molecule has 1 aromatic rings. The Labute approximate surface area is 123 Å². The van der Waals surface area contributed by atoms with Crippen molar-refractivity contribution in [1.82, 2.24) is 10.2 Å². The van der Waals surface area contributed by atoms with Gasteiger partial charge in [0.15, 0.2) is 0 Å². The Kier molecular flexibility index (Phi) is 5.19. The van der Waals surface area contributed by atoms with E-state index < -0.39 is 0 Å². The minimum Gasteiger partial charge on any atom is -0.379 e. The number of benzene rings is 1. The lowest BCUT2D eigenvalue weighted by molar-refractivity contribution is -0.0320. The van der Waals surface area contributed by atoms with Gasteiger partial charge in [-0.1, -0.05) is 31.2 Å². The molecule has 2 rings (SSSR count). The highest BCUT2D eigenvalue weighted by Gasteiger charge is 2.39. The van der Waals surface area contributed by atoms with E-state index in [1.54, 1.807) is 0 Å². The third-order valence-corrected chi connectivity index (χ3v) is 4.86. The fraction of sp³-hybridized carbons (Fsp3) is 0.647. The average molecular weight is 276 g/mol. The number of hydrogen-bond donors (Lipinski definition) is 1. The number of nitrogens with one attached hydrogen (secondary N) is 1. The van der Waals surface area contributed by atoms with Crippen molar-refractivity contribution in [2.24, 2.45) is 0 Å². The molecule has 20 heavy (non-hydrogen) atoms. The van der Waals surface area contributed by atoms with Crippen LogP contribution in [0.1, 0.15) is 37.4 Å². The molecule has 1 saturated heterocycles. The van der Waals surface area contributed by atoms with Gasteiger partial charge in [0.1, 0.15) is 0 Å². The van der Waals surface area contributed by atoms with Crippen LogP contribution in [-0.2, 0) is 4.74 Å². The van der Waals surface area contributed by atoms with Gasteiger partial charge in [0, 0.05) is 18.6 Å². The summed E-state index contributed by atoms with van der Waals surface area (Å²) in [7, 11) is 2.07. The van der Waals surface area contributed by atoms with Crippen LogP contribution >= 0.6 is 0 Å². The van der Waals surface area contributed by atoms with Gasteiger partial charge < -0.3 is 10.1 Å². The molecule has 0 aliphatic carbocycles.